The third-order valence-electron chi connectivity index (χ3n) is 3.91. The number of nitrogens with one attached hydrogen (secondary N) is 3. The summed E-state index contributed by atoms with van der Waals surface area (Å²) in [5, 5.41) is 9.18. The smallest absolute Gasteiger partial charge is 0.407 e. The fraction of sp³-hybridized carbons (Fsp3) is 0.500. The molecule has 1 aromatic carbocycles. The Balaban J connectivity index is 0.00000480. The number of alkyl carbamates (subject to hydrolysis) is 1. The Bertz CT molecular complexity index is 828. The van der Waals surface area contributed by atoms with E-state index in [2.05, 4.69) is 25.9 Å². The monoisotopic (exact) mass is 543 g/mol. The number of hydrogen-bond donors (Lipinski definition) is 3. The van der Waals surface area contributed by atoms with Crippen LogP contribution in [0.1, 0.15) is 45.4 Å². The number of guanidine groups is 1. The van der Waals surface area contributed by atoms with Crippen LogP contribution in [-0.4, -0.2) is 42.3 Å². The molecule has 0 saturated carbocycles. The van der Waals surface area contributed by atoms with Gasteiger partial charge in [-0.05, 0) is 53.2 Å². The first-order valence-electron chi connectivity index (χ1n) is 10.3. The summed E-state index contributed by atoms with van der Waals surface area (Å²) in [4.78, 5) is 20.7. The highest BCUT2D eigenvalue weighted by Crippen LogP contribution is 2.19. The Kier molecular flexibility index (Phi) is 11.4. The number of ether oxygens (including phenoxy) is 1. The molecule has 9 heteroatoms. The van der Waals surface area contributed by atoms with E-state index in [9.17, 15) is 4.79 Å². The van der Waals surface area contributed by atoms with Crippen molar-refractivity contribution in [1.29, 1.82) is 0 Å². The van der Waals surface area contributed by atoms with Crippen LogP contribution in [0.4, 0.5) is 4.79 Å². The number of aliphatic imine (C=N–C) groups is 1. The van der Waals surface area contributed by atoms with E-state index in [4.69, 9.17) is 9.15 Å². The normalized spacial score (nSPS) is 11.5. The number of carbonyl (C=O) groups is 1. The molecule has 1 amide bonds. The number of carbonyl (C=O) groups excluding carboxylic acids is 1. The molecule has 0 fully saturated rings. The highest BCUT2D eigenvalue weighted by Gasteiger charge is 2.15. The van der Waals surface area contributed by atoms with Gasteiger partial charge in [-0.2, -0.15) is 0 Å². The van der Waals surface area contributed by atoms with Crippen LogP contribution in [0.5, 0.6) is 0 Å². The number of nitrogens with zero attached hydrogens (tertiary/aromatic N) is 2. The summed E-state index contributed by atoms with van der Waals surface area (Å²) in [5.41, 5.74) is 2.40. The van der Waals surface area contributed by atoms with Crippen LogP contribution < -0.4 is 16.0 Å². The van der Waals surface area contributed by atoms with Gasteiger partial charge in [-0.3, -0.25) is 0 Å². The number of aromatic nitrogens is 1. The second-order valence-corrected chi connectivity index (χ2v) is 7.91. The summed E-state index contributed by atoms with van der Waals surface area (Å²) in [6, 6.07) is 8.04. The molecule has 0 aliphatic rings. The highest BCUT2D eigenvalue weighted by atomic mass is 127. The lowest BCUT2D eigenvalue weighted by Gasteiger charge is -2.19. The summed E-state index contributed by atoms with van der Waals surface area (Å²) >= 11 is 0. The predicted octanol–water partition coefficient (Wildman–Crippen LogP) is 4.24. The Morgan fingerprint density at radius 3 is 2.45 bits per heavy atom. The minimum atomic E-state index is -0.492. The zero-order chi connectivity index (χ0) is 22.0. The third-order valence-corrected chi connectivity index (χ3v) is 3.91. The molecule has 3 N–H and O–H groups in total. The fourth-order valence-corrected chi connectivity index (χ4v) is 2.51. The number of hydrogen-bond acceptors (Lipinski definition) is 5. The Morgan fingerprint density at radius 1 is 1.13 bits per heavy atom. The van der Waals surface area contributed by atoms with E-state index in [0.717, 1.165) is 24.2 Å². The average Bonchev–Trinajstić information content (AvgIpc) is 3.14. The SMILES string of the molecule is CCNC(=NCc1coc(-c2ccc(C)cc2)n1)NCCCNC(=O)OC(C)(C)C.I. The molecule has 0 unspecified atom stereocenters. The quantitative estimate of drug-likeness (QED) is 0.199. The molecular formula is C22H34IN5O3. The van der Waals surface area contributed by atoms with E-state index >= 15 is 0 Å². The second-order valence-electron chi connectivity index (χ2n) is 7.91. The Hall–Kier alpha value is -2.30. The van der Waals surface area contributed by atoms with Crippen molar-refractivity contribution in [3.63, 3.8) is 0 Å². The zero-order valence-electron chi connectivity index (χ0n) is 18.9. The first kappa shape index (κ1) is 26.7. The summed E-state index contributed by atoms with van der Waals surface area (Å²) in [7, 11) is 0. The predicted molar refractivity (Wildman–Crippen MR) is 134 cm³/mol. The molecule has 1 heterocycles. The first-order chi connectivity index (χ1) is 14.3. The second kappa shape index (κ2) is 13.2. The first-order valence-corrected chi connectivity index (χ1v) is 10.3. The van der Waals surface area contributed by atoms with Crippen molar-refractivity contribution >= 4 is 36.0 Å². The maximum Gasteiger partial charge on any atom is 0.407 e. The number of benzene rings is 1. The van der Waals surface area contributed by atoms with Gasteiger partial charge in [0, 0.05) is 25.2 Å². The van der Waals surface area contributed by atoms with Gasteiger partial charge >= 0.3 is 6.09 Å². The topological polar surface area (TPSA) is 101 Å². The van der Waals surface area contributed by atoms with Gasteiger partial charge in [0.25, 0.3) is 0 Å². The number of halogens is 1. The third kappa shape index (κ3) is 10.5. The molecule has 2 rings (SSSR count). The van der Waals surface area contributed by atoms with Crippen LogP contribution in [0, 0.1) is 6.92 Å². The molecule has 1 aromatic heterocycles. The largest absolute Gasteiger partial charge is 0.444 e. The minimum Gasteiger partial charge on any atom is -0.444 e. The van der Waals surface area contributed by atoms with Crippen molar-refractivity contribution < 1.29 is 13.9 Å². The molecule has 0 radical (unpaired) electrons. The van der Waals surface area contributed by atoms with Crippen LogP contribution in [0.2, 0.25) is 0 Å². The van der Waals surface area contributed by atoms with Gasteiger partial charge in [0.05, 0.1) is 6.54 Å². The van der Waals surface area contributed by atoms with Gasteiger partial charge in [-0.25, -0.2) is 14.8 Å². The molecule has 31 heavy (non-hydrogen) atoms. The van der Waals surface area contributed by atoms with Gasteiger partial charge < -0.3 is 25.1 Å². The number of aryl methyl sites for hydroxylation is 1. The van der Waals surface area contributed by atoms with Gasteiger partial charge in [0.2, 0.25) is 5.89 Å². The Morgan fingerprint density at radius 2 is 1.81 bits per heavy atom. The molecule has 0 atom stereocenters. The molecule has 0 bridgehead atoms. The Labute approximate surface area is 201 Å². The summed E-state index contributed by atoms with van der Waals surface area (Å²) in [6.07, 6.45) is 1.97. The summed E-state index contributed by atoms with van der Waals surface area (Å²) in [6.45, 7) is 11.9. The van der Waals surface area contributed by atoms with Gasteiger partial charge in [-0.15, -0.1) is 24.0 Å². The van der Waals surface area contributed by atoms with Crippen LogP contribution in [-0.2, 0) is 11.3 Å². The standard InChI is InChI=1S/C22H33N5O3.HI/c1-6-23-20(24-12-7-13-25-21(28)30-22(3,4)5)26-14-18-15-29-19(27-18)17-10-8-16(2)9-11-17;/h8-11,15H,6-7,12-14H2,1-5H3,(H,25,28)(H2,23,24,26);1H. The van der Waals surface area contributed by atoms with Crippen LogP contribution in [0.3, 0.4) is 0 Å². The van der Waals surface area contributed by atoms with Crippen molar-refractivity contribution in [2.75, 3.05) is 19.6 Å². The molecule has 0 saturated heterocycles. The van der Waals surface area contributed by atoms with Crippen LogP contribution in [0.25, 0.3) is 11.5 Å². The van der Waals surface area contributed by atoms with Crippen molar-refractivity contribution in [3.8, 4) is 11.5 Å². The molecule has 0 aliphatic heterocycles. The minimum absolute atomic E-state index is 0. The van der Waals surface area contributed by atoms with Crippen LogP contribution >= 0.6 is 24.0 Å². The maximum absolute atomic E-state index is 11.6. The average molecular weight is 543 g/mol. The maximum atomic E-state index is 11.6. The van der Waals surface area contributed by atoms with E-state index in [1.54, 1.807) is 6.26 Å². The van der Waals surface area contributed by atoms with E-state index in [-0.39, 0.29) is 24.0 Å². The molecule has 172 valence electrons. The lowest BCUT2D eigenvalue weighted by atomic mass is 10.1. The van der Waals surface area contributed by atoms with E-state index in [1.165, 1.54) is 5.56 Å². The molecule has 0 spiro atoms. The van der Waals surface area contributed by atoms with Gasteiger partial charge in [-0.1, -0.05) is 17.7 Å². The zero-order valence-corrected chi connectivity index (χ0v) is 21.3. The van der Waals surface area contributed by atoms with E-state index in [1.807, 2.05) is 58.9 Å². The van der Waals surface area contributed by atoms with Crippen molar-refractivity contribution in [1.82, 2.24) is 20.9 Å². The van der Waals surface area contributed by atoms with Crippen LogP contribution in [0.15, 0.2) is 39.9 Å². The van der Waals surface area contributed by atoms with Gasteiger partial charge in [0.15, 0.2) is 5.96 Å². The fourth-order valence-electron chi connectivity index (χ4n) is 2.51. The molecular weight excluding hydrogens is 509 g/mol. The molecule has 0 aliphatic carbocycles. The molecule has 2 aromatic rings. The van der Waals surface area contributed by atoms with E-state index < -0.39 is 11.7 Å². The summed E-state index contributed by atoms with van der Waals surface area (Å²) in [5.74, 6) is 1.28. The van der Waals surface area contributed by atoms with Crippen molar-refractivity contribution in [2.45, 2.75) is 53.2 Å². The van der Waals surface area contributed by atoms with Crippen molar-refractivity contribution in [2.24, 2.45) is 4.99 Å². The number of oxazole rings is 1. The summed E-state index contributed by atoms with van der Waals surface area (Å²) < 4.78 is 10.8. The van der Waals surface area contributed by atoms with E-state index in [0.29, 0.717) is 31.5 Å². The highest BCUT2D eigenvalue weighted by molar-refractivity contribution is 14.0. The van der Waals surface area contributed by atoms with Gasteiger partial charge in [0.1, 0.15) is 17.6 Å². The van der Waals surface area contributed by atoms with Crippen molar-refractivity contribution in [3.05, 3.63) is 41.8 Å². The lowest BCUT2D eigenvalue weighted by Crippen LogP contribution is -2.39. The number of rotatable bonds is 8. The number of amides is 1. The lowest BCUT2D eigenvalue weighted by molar-refractivity contribution is 0.0527. The molecule has 8 nitrogen and oxygen atoms in total.